The smallest absolute Gasteiger partial charge is 0.285 e. The van der Waals surface area contributed by atoms with Crippen LogP contribution in [0.3, 0.4) is 0 Å². The summed E-state index contributed by atoms with van der Waals surface area (Å²) in [5, 5.41) is 2.37. The number of ether oxygens (including phenoxy) is 1. The normalized spacial score (nSPS) is 28.9. The van der Waals surface area contributed by atoms with Crippen molar-refractivity contribution in [2.75, 3.05) is 0 Å². The predicted octanol–water partition coefficient (Wildman–Crippen LogP) is 7.78. The standard InChI is InChI=1S/C28H25BrCl2N2O3S2/c29-21-8-15(1-4-23(21)36-14-19-2-3-20(30)10-22(19)31)9-24-25(34)33(27(37)38-24)32-26(35)28-11-16-5-17(12-28)7-18(6-16)13-28/h1-4,8-10,16-18H,5-7,11-14H2,(H,32,35)/b24-9+. The van der Waals surface area contributed by atoms with Crippen molar-refractivity contribution in [1.29, 1.82) is 0 Å². The zero-order valence-electron chi connectivity index (χ0n) is 20.3. The molecule has 2 aromatic rings. The van der Waals surface area contributed by atoms with Gasteiger partial charge in [-0.1, -0.05) is 47.1 Å². The van der Waals surface area contributed by atoms with Gasteiger partial charge in [0.25, 0.3) is 5.91 Å². The molecule has 1 N–H and O–H groups in total. The van der Waals surface area contributed by atoms with Crippen molar-refractivity contribution in [2.24, 2.45) is 23.2 Å². The fourth-order valence-electron chi connectivity index (χ4n) is 6.84. The van der Waals surface area contributed by atoms with Crippen LogP contribution >= 0.6 is 63.1 Å². The number of carbonyl (C=O) groups is 2. The number of hydrazine groups is 1. The van der Waals surface area contributed by atoms with Gasteiger partial charge in [0.2, 0.25) is 5.91 Å². The van der Waals surface area contributed by atoms with Crippen LogP contribution in [0, 0.1) is 23.2 Å². The summed E-state index contributed by atoms with van der Waals surface area (Å²) < 4.78 is 7.01. The molecule has 5 aliphatic rings. The first-order valence-electron chi connectivity index (χ1n) is 12.6. The molecular weight excluding hydrogens is 627 g/mol. The highest BCUT2D eigenvalue weighted by Gasteiger charge is 2.55. The van der Waals surface area contributed by atoms with Gasteiger partial charge in [-0.2, -0.15) is 5.01 Å². The third-order valence-corrected chi connectivity index (χ3v) is 10.7. The van der Waals surface area contributed by atoms with E-state index in [1.54, 1.807) is 18.2 Å². The highest BCUT2D eigenvalue weighted by atomic mass is 79.9. The summed E-state index contributed by atoms with van der Waals surface area (Å²) in [6, 6.07) is 10.9. The molecule has 0 atom stereocenters. The van der Waals surface area contributed by atoms with Crippen LogP contribution in [0.2, 0.25) is 10.0 Å². The largest absolute Gasteiger partial charge is 0.488 e. The lowest BCUT2D eigenvalue weighted by Gasteiger charge is -2.55. The van der Waals surface area contributed by atoms with Gasteiger partial charge in [0.1, 0.15) is 12.4 Å². The van der Waals surface area contributed by atoms with Gasteiger partial charge in [-0.15, -0.1) is 0 Å². The molecule has 0 radical (unpaired) electrons. The van der Waals surface area contributed by atoms with Crippen molar-refractivity contribution in [3.05, 3.63) is 66.9 Å². The van der Waals surface area contributed by atoms with E-state index in [9.17, 15) is 9.59 Å². The fraction of sp³-hybridized carbons (Fsp3) is 0.393. The molecule has 0 aromatic heterocycles. The molecule has 0 spiro atoms. The predicted molar refractivity (Wildman–Crippen MR) is 159 cm³/mol. The Morgan fingerprint density at radius 1 is 1.13 bits per heavy atom. The van der Waals surface area contributed by atoms with Gasteiger partial charge < -0.3 is 4.74 Å². The third kappa shape index (κ3) is 5.15. The van der Waals surface area contributed by atoms with Gasteiger partial charge in [0, 0.05) is 15.6 Å². The van der Waals surface area contributed by atoms with Gasteiger partial charge in [-0.3, -0.25) is 15.0 Å². The summed E-state index contributed by atoms with van der Waals surface area (Å²) in [4.78, 5) is 27.2. The lowest BCUT2D eigenvalue weighted by Crippen LogP contribution is -2.57. The molecule has 5 nitrogen and oxygen atoms in total. The quantitative estimate of drug-likeness (QED) is 0.255. The minimum absolute atomic E-state index is 0.0424. The third-order valence-electron chi connectivity index (χ3n) is 8.18. The van der Waals surface area contributed by atoms with Crippen molar-refractivity contribution < 1.29 is 14.3 Å². The van der Waals surface area contributed by atoms with E-state index >= 15 is 0 Å². The molecule has 7 rings (SSSR count). The van der Waals surface area contributed by atoms with E-state index in [1.807, 2.05) is 24.3 Å². The number of amides is 2. The van der Waals surface area contributed by atoms with E-state index in [-0.39, 0.29) is 23.8 Å². The number of carbonyl (C=O) groups excluding carboxylic acids is 2. The van der Waals surface area contributed by atoms with Crippen LogP contribution in [-0.2, 0) is 16.2 Å². The van der Waals surface area contributed by atoms with Crippen LogP contribution in [0.1, 0.15) is 49.7 Å². The Labute approximate surface area is 249 Å². The van der Waals surface area contributed by atoms with E-state index in [1.165, 1.54) is 36.0 Å². The maximum absolute atomic E-state index is 13.5. The van der Waals surface area contributed by atoms with Gasteiger partial charge in [0.05, 0.1) is 14.8 Å². The number of nitrogens with one attached hydrogen (secondary N) is 1. The molecule has 0 unspecified atom stereocenters. The van der Waals surface area contributed by atoms with Gasteiger partial charge in [-0.05, 0) is 120 Å². The van der Waals surface area contributed by atoms with Crippen LogP contribution in [0.25, 0.3) is 6.08 Å². The van der Waals surface area contributed by atoms with Gasteiger partial charge >= 0.3 is 0 Å². The second-order valence-electron chi connectivity index (χ2n) is 10.9. The number of nitrogens with zero attached hydrogens (tertiary/aromatic N) is 1. The maximum Gasteiger partial charge on any atom is 0.285 e. The lowest BCUT2D eigenvalue weighted by atomic mass is 9.49. The summed E-state index contributed by atoms with van der Waals surface area (Å²) >= 11 is 22.4. The highest BCUT2D eigenvalue weighted by Crippen LogP contribution is 2.60. The van der Waals surface area contributed by atoms with E-state index < -0.39 is 0 Å². The van der Waals surface area contributed by atoms with Crippen molar-refractivity contribution in [2.45, 2.75) is 45.1 Å². The summed E-state index contributed by atoms with van der Waals surface area (Å²) in [7, 11) is 0. The van der Waals surface area contributed by atoms with Crippen molar-refractivity contribution in [3.63, 3.8) is 0 Å². The molecule has 1 aliphatic heterocycles. The highest BCUT2D eigenvalue weighted by molar-refractivity contribution is 9.10. The number of rotatable bonds is 6. The number of hydrogen-bond donors (Lipinski definition) is 1. The van der Waals surface area contributed by atoms with Crippen molar-refractivity contribution in [3.8, 4) is 5.75 Å². The van der Waals surface area contributed by atoms with Crippen LogP contribution in [0.15, 0.2) is 45.8 Å². The second kappa shape index (κ2) is 10.4. The van der Waals surface area contributed by atoms with Crippen LogP contribution in [0.4, 0.5) is 0 Å². The Hall–Kier alpha value is -1.58. The van der Waals surface area contributed by atoms with Crippen molar-refractivity contribution in [1.82, 2.24) is 10.4 Å². The monoisotopic (exact) mass is 650 g/mol. The van der Waals surface area contributed by atoms with E-state index in [4.69, 9.17) is 40.2 Å². The molecule has 1 saturated heterocycles. The summed E-state index contributed by atoms with van der Waals surface area (Å²) in [5.74, 6) is 2.24. The topological polar surface area (TPSA) is 58.6 Å². The minimum atomic E-state index is -0.349. The summed E-state index contributed by atoms with van der Waals surface area (Å²) in [6.45, 7) is 0.288. The molecule has 4 bridgehead atoms. The Morgan fingerprint density at radius 2 is 1.82 bits per heavy atom. The number of halogens is 3. The lowest BCUT2D eigenvalue weighted by molar-refractivity contribution is -0.152. The first kappa shape index (κ1) is 26.6. The number of thiocarbonyl (C=S) groups is 1. The van der Waals surface area contributed by atoms with E-state index in [2.05, 4.69) is 21.4 Å². The molecule has 198 valence electrons. The zero-order valence-corrected chi connectivity index (χ0v) is 25.1. The van der Waals surface area contributed by atoms with Crippen LogP contribution in [0.5, 0.6) is 5.75 Å². The van der Waals surface area contributed by atoms with E-state index in [0.29, 0.717) is 42.8 Å². The number of hydrogen-bond acceptors (Lipinski definition) is 5. The molecule has 38 heavy (non-hydrogen) atoms. The Kier molecular flexibility index (Phi) is 7.31. The molecule has 5 fully saturated rings. The SMILES string of the molecule is O=C1/C(=C\c2ccc(OCc3ccc(Cl)cc3Cl)c(Br)c2)SC(=S)N1NC(=O)C12CC3CC(CC(C3)C1)C2. The van der Waals surface area contributed by atoms with Gasteiger partial charge in [-0.25, -0.2) is 0 Å². The first-order chi connectivity index (χ1) is 18.2. The minimum Gasteiger partial charge on any atom is -0.488 e. The molecule has 4 saturated carbocycles. The first-order valence-corrected chi connectivity index (χ1v) is 15.4. The fourth-order valence-corrected chi connectivity index (χ4v) is 9.00. The molecule has 10 heteroatoms. The number of benzene rings is 2. The Morgan fingerprint density at radius 3 is 2.45 bits per heavy atom. The van der Waals surface area contributed by atoms with Gasteiger partial charge in [0.15, 0.2) is 4.32 Å². The summed E-state index contributed by atoms with van der Waals surface area (Å²) in [5.41, 5.74) is 4.19. The molecule has 1 heterocycles. The average Bonchev–Trinajstić information content (AvgIpc) is 3.11. The number of thioether (sulfide) groups is 1. The molecule has 4 aliphatic carbocycles. The second-order valence-corrected chi connectivity index (χ2v) is 14.2. The Bertz CT molecular complexity index is 1350. The average molecular weight is 652 g/mol. The molecule has 2 aromatic carbocycles. The van der Waals surface area contributed by atoms with E-state index in [0.717, 1.165) is 34.9 Å². The maximum atomic E-state index is 13.5. The zero-order chi connectivity index (χ0) is 26.6. The molecular formula is C28H25BrCl2N2O3S2. The summed E-state index contributed by atoms with van der Waals surface area (Å²) in [6.07, 6.45) is 8.34. The molecule has 2 amide bonds. The Balaban J connectivity index is 1.12. The van der Waals surface area contributed by atoms with Crippen LogP contribution < -0.4 is 10.2 Å². The van der Waals surface area contributed by atoms with Crippen molar-refractivity contribution >= 4 is 85.3 Å². The van der Waals surface area contributed by atoms with Crippen LogP contribution in [-0.4, -0.2) is 21.1 Å².